The van der Waals surface area contributed by atoms with Gasteiger partial charge in [0, 0.05) is 5.56 Å². The Kier molecular flexibility index (Phi) is 6.87. The lowest BCUT2D eigenvalue weighted by Crippen LogP contribution is -2.45. The van der Waals surface area contributed by atoms with E-state index in [1.165, 1.54) is 24.3 Å². The number of nitrogens with one attached hydrogen (secondary N) is 1. The van der Waals surface area contributed by atoms with Gasteiger partial charge in [0.15, 0.2) is 9.84 Å². The van der Waals surface area contributed by atoms with Gasteiger partial charge >= 0.3 is 6.61 Å². The number of rotatable bonds is 8. The minimum atomic E-state index is -3.86. The summed E-state index contributed by atoms with van der Waals surface area (Å²) in [4.78, 5) is 11.5. The number of para-hydroxylation sites is 1. The number of carbonyl (C=O) groups excluding carboxylic acids is 1. The van der Waals surface area contributed by atoms with Crippen LogP contribution in [0.1, 0.15) is 5.56 Å². The number of alkyl halides is 2. The fourth-order valence-corrected chi connectivity index (χ4v) is 3.27. The average Bonchev–Trinajstić information content (AvgIpc) is 2.45. The van der Waals surface area contributed by atoms with Crippen LogP contribution in [0.15, 0.2) is 24.3 Å². The quantitative estimate of drug-likeness (QED) is 0.646. The van der Waals surface area contributed by atoms with E-state index in [0.717, 1.165) is 0 Å². The second kappa shape index (κ2) is 8.40. The van der Waals surface area contributed by atoms with E-state index in [9.17, 15) is 22.0 Å². The van der Waals surface area contributed by atoms with Gasteiger partial charge in [-0.1, -0.05) is 18.2 Å². The van der Waals surface area contributed by atoms with Gasteiger partial charge in [-0.05, 0) is 6.07 Å². The first-order valence-corrected chi connectivity index (χ1v) is 8.20. The highest BCUT2D eigenvalue weighted by Gasteiger charge is 2.23. The van der Waals surface area contributed by atoms with E-state index in [4.69, 9.17) is 11.0 Å². The highest BCUT2D eigenvalue weighted by Crippen LogP contribution is 2.22. The molecular formula is C13H15F2N3O4S. The number of nitriles is 1. The van der Waals surface area contributed by atoms with Gasteiger partial charge < -0.3 is 15.8 Å². The number of nitrogens with zero attached hydrogens (tertiary/aromatic N) is 1. The maximum absolute atomic E-state index is 12.3. The third-order valence-electron chi connectivity index (χ3n) is 2.68. The topological polar surface area (TPSA) is 122 Å². The van der Waals surface area contributed by atoms with Crippen molar-refractivity contribution in [2.24, 2.45) is 5.73 Å². The lowest BCUT2D eigenvalue weighted by Gasteiger charge is -2.13. The predicted molar refractivity (Wildman–Crippen MR) is 77.2 cm³/mol. The SMILES string of the molecule is N#CCNC(=O)[C@@H](N)CS(=O)(=O)Cc1ccccc1OC(F)F. The third-order valence-corrected chi connectivity index (χ3v) is 4.29. The Morgan fingerprint density at radius 1 is 1.39 bits per heavy atom. The number of carbonyl (C=O) groups is 1. The zero-order valence-electron chi connectivity index (χ0n) is 11.9. The van der Waals surface area contributed by atoms with E-state index in [1.807, 2.05) is 0 Å². The third kappa shape index (κ3) is 6.58. The van der Waals surface area contributed by atoms with Crippen LogP contribution in [0, 0.1) is 11.3 Å². The Labute approximate surface area is 131 Å². The average molecular weight is 347 g/mol. The molecule has 0 bridgehead atoms. The highest BCUT2D eigenvalue weighted by molar-refractivity contribution is 7.90. The molecule has 3 N–H and O–H groups in total. The molecule has 0 aliphatic carbocycles. The summed E-state index contributed by atoms with van der Waals surface area (Å²) >= 11 is 0. The Bertz CT molecular complexity index is 689. The normalized spacial score (nSPS) is 12.5. The van der Waals surface area contributed by atoms with E-state index >= 15 is 0 Å². The van der Waals surface area contributed by atoms with Crippen LogP contribution >= 0.6 is 0 Å². The number of sulfone groups is 1. The van der Waals surface area contributed by atoms with Crippen LogP contribution in [-0.2, 0) is 20.4 Å². The summed E-state index contributed by atoms with van der Waals surface area (Å²) < 4.78 is 53.0. The lowest BCUT2D eigenvalue weighted by molar-refractivity contribution is -0.121. The molecule has 1 amide bonds. The monoisotopic (exact) mass is 347 g/mol. The van der Waals surface area contributed by atoms with Gasteiger partial charge in [-0.2, -0.15) is 14.0 Å². The van der Waals surface area contributed by atoms with Crippen molar-refractivity contribution in [3.8, 4) is 11.8 Å². The van der Waals surface area contributed by atoms with Crippen molar-refractivity contribution >= 4 is 15.7 Å². The Morgan fingerprint density at radius 2 is 2.04 bits per heavy atom. The van der Waals surface area contributed by atoms with Crippen LogP contribution in [0.4, 0.5) is 8.78 Å². The number of nitrogens with two attached hydrogens (primary N) is 1. The zero-order chi connectivity index (χ0) is 17.5. The molecule has 0 aliphatic heterocycles. The number of hydrogen-bond donors (Lipinski definition) is 2. The first-order chi connectivity index (χ1) is 10.7. The van der Waals surface area contributed by atoms with Gasteiger partial charge in [-0.3, -0.25) is 4.79 Å². The maximum atomic E-state index is 12.3. The lowest BCUT2D eigenvalue weighted by atomic mass is 10.2. The van der Waals surface area contributed by atoms with Gasteiger partial charge in [0.1, 0.15) is 12.3 Å². The van der Waals surface area contributed by atoms with E-state index in [1.54, 1.807) is 6.07 Å². The van der Waals surface area contributed by atoms with E-state index < -0.39 is 39.9 Å². The summed E-state index contributed by atoms with van der Waals surface area (Å²) in [5.74, 6) is -2.33. The molecule has 0 aromatic heterocycles. The standard InChI is InChI=1S/C13H15F2N3O4S/c14-13(15)22-11-4-2-1-3-9(11)7-23(20,21)8-10(17)12(19)18-6-5-16/h1-4,10,13H,6-8,17H2,(H,18,19)/t10-/m0/s1. The van der Waals surface area contributed by atoms with Crippen molar-refractivity contribution < 1.29 is 26.7 Å². The first-order valence-electron chi connectivity index (χ1n) is 6.38. The van der Waals surface area contributed by atoms with Crippen molar-refractivity contribution in [2.45, 2.75) is 18.4 Å². The number of halogens is 2. The van der Waals surface area contributed by atoms with Crippen LogP contribution in [0.5, 0.6) is 5.75 Å². The van der Waals surface area contributed by atoms with Crippen molar-refractivity contribution in [3.05, 3.63) is 29.8 Å². The van der Waals surface area contributed by atoms with Crippen LogP contribution < -0.4 is 15.8 Å². The summed E-state index contributed by atoms with van der Waals surface area (Å²) in [7, 11) is -3.86. The van der Waals surface area contributed by atoms with Crippen molar-refractivity contribution in [1.82, 2.24) is 5.32 Å². The Morgan fingerprint density at radius 3 is 2.65 bits per heavy atom. The molecule has 0 saturated heterocycles. The number of ether oxygens (including phenoxy) is 1. The maximum Gasteiger partial charge on any atom is 0.387 e. The molecule has 0 heterocycles. The molecule has 7 nitrogen and oxygen atoms in total. The van der Waals surface area contributed by atoms with E-state index in [2.05, 4.69) is 10.1 Å². The predicted octanol–water partition coefficient (Wildman–Crippen LogP) is 0.170. The molecule has 0 fully saturated rings. The zero-order valence-corrected chi connectivity index (χ0v) is 12.7. The van der Waals surface area contributed by atoms with Gasteiger partial charge in [0.25, 0.3) is 0 Å². The molecule has 1 aromatic rings. The van der Waals surface area contributed by atoms with E-state index in [-0.39, 0.29) is 17.9 Å². The van der Waals surface area contributed by atoms with Crippen molar-refractivity contribution in [1.29, 1.82) is 5.26 Å². The molecule has 1 aromatic carbocycles. The molecule has 0 spiro atoms. The second-order valence-electron chi connectivity index (χ2n) is 4.52. The molecule has 0 aliphatic rings. The molecule has 0 saturated carbocycles. The van der Waals surface area contributed by atoms with E-state index in [0.29, 0.717) is 0 Å². The van der Waals surface area contributed by atoms with Gasteiger partial charge in [0.05, 0.1) is 23.6 Å². The molecule has 0 radical (unpaired) electrons. The fourth-order valence-electron chi connectivity index (χ4n) is 1.74. The fraction of sp³-hybridized carbons (Fsp3) is 0.385. The minimum Gasteiger partial charge on any atom is -0.435 e. The molecule has 1 rings (SSSR count). The highest BCUT2D eigenvalue weighted by atomic mass is 32.2. The van der Waals surface area contributed by atoms with Crippen molar-refractivity contribution in [3.63, 3.8) is 0 Å². The van der Waals surface area contributed by atoms with Crippen molar-refractivity contribution in [2.75, 3.05) is 12.3 Å². The second-order valence-corrected chi connectivity index (χ2v) is 6.63. The number of amides is 1. The van der Waals surface area contributed by atoms with Gasteiger partial charge in [-0.25, -0.2) is 8.42 Å². The Hall–Kier alpha value is -2.25. The largest absolute Gasteiger partial charge is 0.435 e. The smallest absolute Gasteiger partial charge is 0.387 e. The minimum absolute atomic E-state index is 0.0393. The molecule has 126 valence electrons. The van der Waals surface area contributed by atoms with Gasteiger partial charge in [0.2, 0.25) is 5.91 Å². The summed E-state index contributed by atoms with van der Waals surface area (Å²) in [5, 5.41) is 10.5. The molecule has 23 heavy (non-hydrogen) atoms. The number of hydrogen-bond acceptors (Lipinski definition) is 6. The summed E-state index contributed by atoms with van der Waals surface area (Å²) in [6.07, 6.45) is 0. The Balaban J connectivity index is 2.79. The number of benzene rings is 1. The molecule has 10 heteroatoms. The molecule has 1 atom stereocenters. The first kappa shape index (κ1) is 18.8. The summed E-state index contributed by atoms with van der Waals surface area (Å²) in [6, 6.07) is 5.74. The van der Waals surface area contributed by atoms with Gasteiger partial charge in [-0.15, -0.1) is 0 Å². The van der Waals surface area contributed by atoms with Crippen LogP contribution in [0.3, 0.4) is 0 Å². The summed E-state index contributed by atoms with van der Waals surface area (Å²) in [5.41, 5.74) is 5.50. The van der Waals surface area contributed by atoms with Crippen LogP contribution in [0.25, 0.3) is 0 Å². The van der Waals surface area contributed by atoms with Crippen LogP contribution in [-0.4, -0.2) is 39.3 Å². The van der Waals surface area contributed by atoms with Crippen LogP contribution in [0.2, 0.25) is 0 Å². The summed E-state index contributed by atoms with van der Waals surface area (Å²) in [6.45, 7) is -3.38. The molecular weight excluding hydrogens is 332 g/mol. The molecule has 0 unspecified atom stereocenters.